The van der Waals surface area contributed by atoms with Crippen LogP contribution in [0.4, 0.5) is 0 Å². The first kappa shape index (κ1) is 11.7. The highest BCUT2D eigenvalue weighted by Gasteiger charge is 2.26. The number of benzene rings is 1. The summed E-state index contributed by atoms with van der Waals surface area (Å²) in [6.45, 7) is 2.26. The van der Waals surface area contributed by atoms with E-state index in [0.29, 0.717) is 6.04 Å². The first-order valence-electron chi connectivity index (χ1n) is 6.87. The molecule has 1 fully saturated rings. The Morgan fingerprint density at radius 1 is 1.06 bits per heavy atom. The highest BCUT2D eigenvalue weighted by atomic mass is 16.4. The van der Waals surface area contributed by atoms with Gasteiger partial charge in [0, 0.05) is 19.1 Å². The van der Waals surface area contributed by atoms with Crippen molar-refractivity contribution in [2.75, 3.05) is 6.54 Å². The Morgan fingerprint density at radius 2 is 1.78 bits per heavy atom. The van der Waals surface area contributed by atoms with Gasteiger partial charge in [0.05, 0.1) is 5.71 Å². The predicted molar refractivity (Wildman–Crippen MR) is 72.0 cm³/mol. The maximum atomic E-state index is 8.79. The summed E-state index contributed by atoms with van der Waals surface area (Å²) in [5.41, 5.74) is 3.98. The molecule has 3 heteroatoms. The number of hydrogen-bond acceptors (Lipinski definition) is 3. The number of hydrogen-bond donors (Lipinski definition) is 1. The molecule has 18 heavy (non-hydrogen) atoms. The van der Waals surface area contributed by atoms with Crippen LogP contribution in [-0.4, -0.2) is 28.4 Å². The Labute approximate surface area is 108 Å². The average Bonchev–Trinajstić information content (AvgIpc) is 2.47. The smallest absolute Gasteiger partial charge is 0.0572 e. The average molecular weight is 244 g/mol. The molecule has 0 bridgehead atoms. The van der Waals surface area contributed by atoms with Gasteiger partial charge in [0.1, 0.15) is 0 Å². The number of nitrogens with zero attached hydrogens (tertiary/aromatic N) is 2. The zero-order chi connectivity index (χ0) is 12.4. The van der Waals surface area contributed by atoms with Crippen molar-refractivity contribution in [3.8, 4) is 0 Å². The lowest BCUT2D eigenvalue weighted by molar-refractivity contribution is 0.157. The van der Waals surface area contributed by atoms with Crippen molar-refractivity contribution in [2.24, 2.45) is 5.16 Å². The number of fused-ring (bicyclic) bond motifs is 1. The SMILES string of the molecule is ON=C1CCC(N2CCc3ccccc3C2)CC1. The van der Waals surface area contributed by atoms with Crippen molar-refractivity contribution < 1.29 is 5.21 Å². The van der Waals surface area contributed by atoms with E-state index < -0.39 is 0 Å². The molecule has 2 aliphatic rings. The van der Waals surface area contributed by atoms with Crippen LogP contribution in [0.5, 0.6) is 0 Å². The van der Waals surface area contributed by atoms with Gasteiger partial charge >= 0.3 is 0 Å². The third-order valence-corrected chi connectivity index (χ3v) is 4.35. The zero-order valence-corrected chi connectivity index (χ0v) is 10.7. The third-order valence-electron chi connectivity index (χ3n) is 4.35. The van der Waals surface area contributed by atoms with Gasteiger partial charge in [-0.1, -0.05) is 29.4 Å². The second kappa shape index (κ2) is 5.11. The van der Waals surface area contributed by atoms with Crippen molar-refractivity contribution in [1.29, 1.82) is 0 Å². The second-order valence-corrected chi connectivity index (χ2v) is 5.39. The van der Waals surface area contributed by atoms with Gasteiger partial charge < -0.3 is 5.21 Å². The van der Waals surface area contributed by atoms with E-state index in [1.807, 2.05) is 0 Å². The van der Waals surface area contributed by atoms with Crippen LogP contribution >= 0.6 is 0 Å². The van der Waals surface area contributed by atoms with Gasteiger partial charge in [-0.15, -0.1) is 0 Å². The van der Waals surface area contributed by atoms with Gasteiger partial charge in [-0.25, -0.2) is 0 Å². The molecule has 0 atom stereocenters. The van der Waals surface area contributed by atoms with Crippen molar-refractivity contribution in [3.63, 3.8) is 0 Å². The quantitative estimate of drug-likeness (QED) is 0.609. The van der Waals surface area contributed by atoms with Crippen molar-refractivity contribution in [2.45, 2.75) is 44.7 Å². The molecule has 1 aromatic rings. The highest BCUT2D eigenvalue weighted by molar-refractivity contribution is 5.84. The molecule has 0 spiro atoms. The minimum absolute atomic E-state index is 0.670. The maximum absolute atomic E-state index is 8.79. The third kappa shape index (κ3) is 2.27. The molecule has 96 valence electrons. The molecule has 0 amide bonds. The van der Waals surface area contributed by atoms with Gasteiger partial charge in [-0.3, -0.25) is 4.90 Å². The van der Waals surface area contributed by atoms with E-state index in [1.165, 1.54) is 24.1 Å². The Hall–Kier alpha value is -1.35. The van der Waals surface area contributed by atoms with Crippen LogP contribution < -0.4 is 0 Å². The van der Waals surface area contributed by atoms with Crippen molar-refractivity contribution in [1.82, 2.24) is 4.90 Å². The fourth-order valence-corrected chi connectivity index (χ4v) is 3.23. The Balaban J connectivity index is 1.66. The molecule has 1 aliphatic heterocycles. The summed E-state index contributed by atoms with van der Waals surface area (Å²) < 4.78 is 0. The summed E-state index contributed by atoms with van der Waals surface area (Å²) in [6.07, 6.45) is 5.37. The summed E-state index contributed by atoms with van der Waals surface area (Å²) in [4.78, 5) is 2.61. The molecule has 3 nitrogen and oxygen atoms in total. The van der Waals surface area contributed by atoms with E-state index in [0.717, 1.165) is 37.9 Å². The molecule has 1 aromatic carbocycles. The van der Waals surface area contributed by atoms with Crippen LogP contribution in [0.1, 0.15) is 36.8 Å². The molecule has 0 radical (unpaired) electrons. The summed E-state index contributed by atoms with van der Waals surface area (Å²) in [7, 11) is 0. The van der Waals surface area contributed by atoms with E-state index >= 15 is 0 Å². The summed E-state index contributed by atoms with van der Waals surface area (Å²) in [5.74, 6) is 0. The molecule has 0 unspecified atom stereocenters. The van der Waals surface area contributed by atoms with Gasteiger partial charge in [-0.2, -0.15) is 0 Å². The van der Waals surface area contributed by atoms with Gasteiger partial charge in [0.15, 0.2) is 0 Å². The maximum Gasteiger partial charge on any atom is 0.0572 e. The molecular formula is C15H20N2O. The zero-order valence-electron chi connectivity index (χ0n) is 10.7. The lowest BCUT2D eigenvalue weighted by Crippen LogP contribution is -2.41. The van der Waals surface area contributed by atoms with Crippen LogP contribution in [0.25, 0.3) is 0 Å². The molecule has 1 heterocycles. The van der Waals surface area contributed by atoms with E-state index in [9.17, 15) is 0 Å². The highest BCUT2D eigenvalue weighted by Crippen LogP contribution is 2.27. The van der Waals surface area contributed by atoms with Gasteiger partial charge in [-0.05, 0) is 43.2 Å². The lowest BCUT2D eigenvalue weighted by Gasteiger charge is -2.37. The summed E-state index contributed by atoms with van der Waals surface area (Å²) >= 11 is 0. The van der Waals surface area contributed by atoms with E-state index in [4.69, 9.17) is 5.21 Å². The topological polar surface area (TPSA) is 35.8 Å². The van der Waals surface area contributed by atoms with Crippen LogP contribution in [0.2, 0.25) is 0 Å². The monoisotopic (exact) mass is 244 g/mol. The van der Waals surface area contributed by atoms with Crippen LogP contribution in [0.3, 0.4) is 0 Å². The fourth-order valence-electron chi connectivity index (χ4n) is 3.23. The van der Waals surface area contributed by atoms with Crippen molar-refractivity contribution >= 4 is 5.71 Å². The predicted octanol–water partition coefficient (Wildman–Crippen LogP) is 2.82. The minimum atomic E-state index is 0.670. The first-order valence-corrected chi connectivity index (χ1v) is 6.87. The fraction of sp³-hybridized carbons (Fsp3) is 0.533. The Morgan fingerprint density at radius 3 is 2.50 bits per heavy atom. The molecule has 0 saturated heterocycles. The van der Waals surface area contributed by atoms with Crippen LogP contribution in [0.15, 0.2) is 29.4 Å². The number of oxime groups is 1. The molecular weight excluding hydrogens is 224 g/mol. The lowest BCUT2D eigenvalue weighted by atomic mass is 9.90. The Bertz CT molecular complexity index is 446. The van der Waals surface area contributed by atoms with Gasteiger partial charge in [0.25, 0.3) is 0 Å². The number of rotatable bonds is 1. The second-order valence-electron chi connectivity index (χ2n) is 5.39. The van der Waals surface area contributed by atoms with Gasteiger partial charge in [0.2, 0.25) is 0 Å². The molecule has 3 rings (SSSR count). The largest absolute Gasteiger partial charge is 0.411 e. The van der Waals surface area contributed by atoms with Crippen molar-refractivity contribution in [3.05, 3.63) is 35.4 Å². The van der Waals surface area contributed by atoms with E-state index in [-0.39, 0.29) is 0 Å². The summed E-state index contributed by atoms with van der Waals surface area (Å²) in [5, 5.41) is 12.2. The van der Waals surface area contributed by atoms with Crippen LogP contribution in [-0.2, 0) is 13.0 Å². The first-order chi connectivity index (χ1) is 8.86. The summed E-state index contributed by atoms with van der Waals surface area (Å²) in [6, 6.07) is 9.46. The molecule has 1 saturated carbocycles. The normalized spacial score (nSPS) is 24.7. The van der Waals surface area contributed by atoms with Crippen LogP contribution in [0, 0.1) is 0 Å². The van der Waals surface area contributed by atoms with E-state index in [1.54, 1.807) is 0 Å². The molecule has 1 N–H and O–H groups in total. The minimum Gasteiger partial charge on any atom is -0.411 e. The molecule has 0 aromatic heterocycles. The standard InChI is InChI=1S/C15H20N2O/c18-16-14-5-7-15(8-6-14)17-10-9-12-3-1-2-4-13(12)11-17/h1-4,15,18H,5-11H2. The van der Waals surface area contributed by atoms with E-state index in [2.05, 4.69) is 34.3 Å². The Kier molecular flexibility index (Phi) is 3.33. The molecule has 1 aliphatic carbocycles.